The first-order chi connectivity index (χ1) is 13.3. The molecule has 0 fully saturated rings. The first-order valence-corrected chi connectivity index (χ1v) is 9.95. The Labute approximate surface area is 172 Å². The van der Waals surface area contributed by atoms with Gasteiger partial charge < -0.3 is 10.6 Å². The summed E-state index contributed by atoms with van der Waals surface area (Å²) in [5, 5.41) is 0. The van der Waals surface area contributed by atoms with E-state index in [-0.39, 0.29) is 17.8 Å². The number of guanidine groups is 1. The molecular weight excluding hydrogens is 420 g/mol. The molecular formula is C21H21BrN4O2. The van der Waals surface area contributed by atoms with Crippen molar-refractivity contribution in [2.45, 2.75) is 25.3 Å². The fraction of sp³-hybridized carbons (Fsp3) is 0.286. The van der Waals surface area contributed by atoms with E-state index in [0.29, 0.717) is 6.54 Å². The summed E-state index contributed by atoms with van der Waals surface area (Å²) in [6.07, 6.45) is 1.74. The number of likely N-dealkylation sites (N-methyl/N-ethyl adjacent to an activating group) is 1. The van der Waals surface area contributed by atoms with Crippen molar-refractivity contribution in [1.82, 2.24) is 4.90 Å². The highest BCUT2D eigenvalue weighted by Gasteiger charge is 2.49. The number of halogens is 1. The number of fused-ring (bicyclic) bond motifs is 1. The van der Waals surface area contributed by atoms with Gasteiger partial charge in [-0.25, -0.2) is 4.99 Å². The minimum absolute atomic E-state index is 0.0225. The summed E-state index contributed by atoms with van der Waals surface area (Å²) >= 11 is 3.49. The first-order valence-electron chi connectivity index (χ1n) is 9.15. The number of amides is 2. The molecule has 0 aromatic heterocycles. The summed E-state index contributed by atoms with van der Waals surface area (Å²) in [5.41, 5.74) is 8.28. The highest BCUT2D eigenvalue weighted by atomic mass is 79.9. The Balaban J connectivity index is 1.93. The topological polar surface area (TPSA) is 79.0 Å². The molecule has 0 bridgehead atoms. The average Bonchev–Trinajstić information content (AvgIpc) is 2.92. The quantitative estimate of drug-likeness (QED) is 0.779. The molecule has 4 rings (SSSR count). The van der Waals surface area contributed by atoms with Crippen LogP contribution in [0.5, 0.6) is 0 Å². The Bertz CT molecular complexity index is 1020. The van der Waals surface area contributed by atoms with E-state index < -0.39 is 5.54 Å². The lowest BCUT2D eigenvalue weighted by molar-refractivity contribution is -0.129. The van der Waals surface area contributed by atoms with Crippen LogP contribution in [-0.4, -0.2) is 36.3 Å². The number of aryl methyl sites for hydroxylation is 1. The zero-order valence-corrected chi connectivity index (χ0v) is 17.4. The predicted molar refractivity (Wildman–Crippen MR) is 112 cm³/mol. The van der Waals surface area contributed by atoms with Crippen LogP contribution >= 0.6 is 15.9 Å². The lowest BCUT2D eigenvalue weighted by atomic mass is 9.81. The minimum Gasteiger partial charge on any atom is -0.369 e. The van der Waals surface area contributed by atoms with Crippen molar-refractivity contribution in [3.05, 3.63) is 63.6 Å². The molecule has 2 amide bonds. The van der Waals surface area contributed by atoms with Crippen molar-refractivity contribution in [2.75, 3.05) is 18.5 Å². The fourth-order valence-electron chi connectivity index (χ4n) is 4.05. The number of aliphatic imine (C=N–C) groups is 1. The third kappa shape index (κ3) is 2.73. The Morgan fingerprint density at radius 3 is 2.61 bits per heavy atom. The van der Waals surface area contributed by atoms with Gasteiger partial charge in [-0.05, 0) is 47.7 Å². The van der Waals surface area contributed by atoms with Crippen LogP contribution < -0.4 is 10.6 Å². The normalized spacial score (nSPS) is 21.5. The number of rotatable bonds is 2. The second-order valence-electron chi connectivity index (χ2n) is 7.17. The maximum atomic E-state index is 13.3. The van der Waals surface area contributed by atoms with Crippen molar-refractivity contribution in [1.29, 1.82) is 0 Å². The minimum atomic E-state index is -1.23. The molecule has 6 nitrogen and oxygen atoms in total. The SMILES string of the molecule is CC(=O)N1CCCc2cc(C3(c4cccc(Br)c4)N=C(N)N(C)C3=O)ccc21. The van der Waals surface area contributed by atoms with Crippen LogP contribution in [0, 0.1) is 0 Å². The highest BCUT2D eigenvalue weighted by Crippen LogP contribution is 2.42. The molecule has 0 saturated carbocycles. The Kier molecular flexibility index (Phi) is 4.50. The molecule has 7 heteroatoms. The fourth-order valence-corrected chi connectivity index (χ4v) is 4.45. The van der Waals surface area contributed by atoms with Crippen molar-refractivity contribution in [2.24, 2.45) is 10.7 Å². The summed E-state index contributed by atoms with van der Waals surface area (Å²) in [7, 11) is 1.64. The maximum Gasteiger partial charge on any atom is 0.266 e. The Morgan fingerprint density at radius 2 is 1.96 bits per heavy atom. The van der Waals surface area contributed by atoms with Crippen molar-refractivity contribution < 1.29 is 9.59 Å². The number of carbonyl (C=O) groups excluding carboxylic acids is 2. The van der Waals surface area contributed by atoms with Gasteiger partial charge in [-0.15, -0.1) is 0 Å². The number of carbonyl (C=O) groups is 2. The second kappa shape index (κ2) is 6.74. The van der Waals surface area contributed by atoms with E-state index >= 15 is 0 Å². The highest BCUT2D eigenvalue weighted by molar-refractivity contribution is 9.10. The molecule has 2 aliphatic heterocycles. The molecule has 0 radical (unpaired) electrons. The molecule has 2 aromatic carbocycles. The number of nitrogens with two attached hydrogens (primary N) is 1. The monoisotopic (exact) mass is 440 g/mol. The molecule has 2 heterocycles. The first kappa shape index (κ1) is 18.7. The molecule has 0 aliphatic carbocycles. The number of anilines is 1. The van der Waals surface area contributed by atoms with Crippen molar-refractivity contribution in [3.63, 3.8) is 0 Å². The third-order valence-corrected chi connectivity index (χ3v) is 5.97. The molecule has 2 N–H and O–H groups in total. The van der Waals surface area contributed by atoms with Gasteiger partial charge in [0.2, 0.25) is 5.91 Å². The van der Waals surface area contributed by atoms with Crippen molar-refractivity contribution in [3.8, 4) is 0 Å². The average molecular weight is 441 g/mol. The van der Waals surface area contributed by atoms with Crippen LogP contribution in [0.1, 0.15) is 30.0 Å². The zero-order valence-electron chi connectivity index (χ0n) is 15.8. The lowest BCUT2D eigenvalue weighted by Gasteiger charge is -2.31. The van der Waals surface area contributed by atoms with Crippen LogP contribution in [0.25, 0.3) is 0 Å². The zero-order chi connectivity index (χ0) is 20.1. The van der Waals surface area contributed by atoms with E-state index in [0.717, 1.165) is 39.7 Å². The van der Waals surface area contributed by atoms with E-state index in [1.165, 1.54) is 4.90 Å². The Hall–Kier alpha value is -2.67. The molecule has 2 aliphatic rings. The molecule has 1 atom stereocenters. The van der Waals surface area contributed by atoms with Gasteiger partial charge >= 0.3 is 0 Å². The third-order valence-electron chi connectivity index (χ3n) is 5.48. The smallest absolute Gasteiger partial charge is 0.266 e. The van der Waals surface area contributed by atoms with Gasteiger partial charge in [0.25, 0.3) is 5.91 Å². The van der Waals surface area contributed by atoms with E-state index in [4.69, 9.17) is 5.73 Å². The molecule has 0 spiro atoms. The molecule has 28 heavy (non-hydrogen) atoms. The van der Waals surface area contributed by atoms with Crippen LogP contribution in [0.4, 0.5) is 5.69 Å². The number of benzene rings is 2. The van der Waals surface area contributed by atoms with Crippen LogP contribution in [0.2, 0.25) is 0 Å². The summed E-state index contributed by atoms with van der Waals surface area (Å²) in [6.45, 7) is 2.29. The van der Waals surface area contributed by atoms with Crippen molar-refractivity contribution >= 4 is 39.4 Å². The van der Waals surface area contributed by atoms with Crippen LogP contribution in [-0.2, 0) is 21.5 Å². The molecule has 144 valence electrons. The largest absolute Gasteiger partial charge is 0.369 e. The summed E-state index contributed by atoms with van der Waals surface area (Å²) < 4.78 is 0.862. The number of hydrogen-bond acceptors (Lipinski definition) is 4. The predicted octanol–water partition coefficient (Wildman–Crippen LogP) is 2.78. The molecule has 1 unspecified atom stereocenters. The second-order valence-corrected chi connectivity index (χ2v) is 8.09. The van der Waals surface area contributed by atoms with E-state index in [2.05, 4.69) is 20.9 Å². The van der Waals surface area contributed by atoms with Crippen LogP contribution in [0.15, 0.2) is 51.9 Å². The van der Waals surface area contributed by atoms with E-state index in [1.54, 1.807) is 18.9 Å². The lowest BCUT2D eigenvalue weighted by Crippen LogP contribution is -2.41. The van der Waals surface area contributed by atoms with Gasteiger partial charge in [-0.3, -0.25) is 14.5 Å². The van der Waals surface area contributed by atoms with Crippen LogP contribution in [0.3, 0.4) is 0 Å². The number of hydrogen-bond donors (Lipinski definition) is 1. The van der Waals surface area contributed by atoms with Gasteiger partial charge in [-0.1, -0.05) is 40.2 Å². The maximum absolute atomic E-state index is 13.3. The summed E-state index contributed by atoms with van der Waals surface area (Å²) in [5.74, 6) is 0.0182. The molecule has 2 aromatic rings. The summed E-state index contributed by atoms with van der Waals surface area (Å²) in [6, 6.07) is 13.4. The van der Waals surface area contributed by atoms with Gasteiger partial charge in [0, 0.05) is 30.7 Å². The summed E-state index contributed by atoms with van der Waals surface area (Å²) in [4.78, 5) is 33.1. The van der Waals surface area contributed by atoms with E-state index in [9.17, 15) is 9.59 Å². The molecule has 0 saturated heterocycles. The number of nitrogens with zero attached hydrogens (tertiary/aromatic N) is 3. The van der Waals surface area contributed by atoms with Gasteiger partial charge in [0.1, 0.15) is 0 Å². The standard InChI is InChI=1S/C21H21BrN4O2/c1-13(27)26-10-4-5-14-11-16(8-9-18(14)26)21(15-6-3-7-17(22)12-15)19(28)25(2)20(23)24-21/h3,6-9,11-12H,4-5,10H2,1-2H3,(H2,23,24). The van der Waals surface area contributed by atoms with Gasteiger partial charge in [0.15, 0.2) is 11.5 Å². The Morgan fingerprint density at radius 1 is 1.21 bits per heavy atom. The van der Waals surface area contributed by atoms with Gasteiger partial charge in [-0.2, -0.15) is 0 Å². The van der Waals surface area contributed by atoms with E-state index in [1.807, 2.05) is 42.5 Å². The van der Waals surface area contributed by atoms with Gasteiger partial charge in [0.05, 0.1) is 0 Å².